The van der Waals surface area contributed by atoms with Gasteiger partial charge in [0.15, 0.2) is 0 Å². The highest BCUT2D eigenvalue weighted by atomic mass is 16.3. The molecule has 14 heavy (non-hydrogen) atoms. The van der Waals surface area contributed by atoms with E-state index in [4.69, 9.17) is 5.11 Å². The number of β-amino-alcohol motifs (C(OH)–C–C–N with tert-alkyl or cyclic N) is 1. The Hall–Kier alpha value is -0.610. The molecule has 0 atom stereocenters. The topological polar surface area (TPSA) is 43.8 Å². The molecule has 2 fully saturated rings. The Kier molecular flexibility index (Phi) is 2.49. The summed E-state index contributed by atoms with van der Waals surface area (Å²) >= 11 is 0. The van der Waals surface area contributed by atoms with Crippen LogP contribution in [0.3, 0.4) is 0 Å². The third-order valence-corrected chi connectivity index (χ3v) is 3.24. The second kappa shape index (κ2) is 3.51. The molecule has 0 aliphatic carbocycles. The second-order valence-electron chi connectivity index (χ2n) is 4.54. The Labute approximate surface area is 84.5 Å². The number of hydrogen-bond donors (Lipinski definition) is 1. The smallest absolute Gasteiger partial charge is 0.222 e. The molecule has 0 aromatic heterocycles. The lowest BCUT2D eigenvalue weighted by molar-refractivity contribution is -0.159. The van der Waals surface area contributed by atoms with Crippen LogP contribution in [-0.2, 0) is 4.79 Å². The van der Waals surface area contributed by atoms with Crippen molar-refractivity contribution in [3.63, 3.8) is 0 Å². The first-order valence-electron chi connectivity index (χ1n) is 5.30. The van der Waals surface area contributed by atoms with Gasteiger partial charge >= 0.3 is 0 Å². The van der Waals surface area contributed by atoms with Crippen molar-refractivity contribution in [2.75, 3.05) is 39.3 Å². The number of aliphatic hydroxyl groups is 1. The van der Waals surface area contributed by atoms with Gasteiger partial charge in [-0.05, 0) is 0 Å². The highest BCUT2D eigenvalue weighted by molar-refractivity contribution is 5.77. The standard InChI is InChI=1S/C10H18N2O2/c1-2-9(14)12-7-10(8-12)5-11(6-10)3-4-13/h13H,2-8H2,1H3. The van der Waals surface area contributed by atoms with Gasteiger partial charge in [-0.2, -0.15) is 0 Å². The SMILES string of the molecule is CCC(=O)N1CC2(CN(CCO)C2)C1. The average molecular weight is 198 g/mol. The fourth-order valence-electron chi connectivity index (χ4n) is 2.57. The summed E-state index contributed by atoms with van der Waals surface area (Å²) in [7, 11) is 0. The van der Waals surface area contributed by atoms with Crippen LogP contribution < -0.4 is 0 Å². The Morgan fingerprint density at radius 1 is 1.36 bits per heavy atom. The third kappa shape index (κ3) is 1.53. The summed E-state index contributed by atoms with van der Waals surface area (Å²) in [6.07, 6.45) is 0.621. The molecule has 0 aromatic carbocycles. The van der Waals surface area contributed by atoms with Gasteiger partial charge in [-0.1, -0.05) is 6.92 Å². The van der Waals surface area contributed by atoms with Crippen molar-refractivity contribution in [1.82, 2.24) is 9.80 Å². The molecule has 1 N–H and O–H groups in total. The van der Waals surface area contributed by atoms with Crippen molar-refractivity contribution in [3.8, 4) is 0 Å². The molecular weight excluding hydrogens is 180 g/mol. The largest absolute Gasteiger partial charge is 0.395 e. The molecule has 0 unspecified atom stereocenters. The zero-order valence-electron chi connectivity index (χ0n) is 8.70. The van der Waals surface area contributed by atoms with E-state index in [-0.39, 0.29) is 12.5 Å². The lowest BCUT2D eigenvalue weighted by Gasteiger charge is -2.60. The minimum atomic E-state index is 0.244. The predicted molar refractivity (Wildman–Crippen MR) is 52.8 cm³/mol. The molecule has 0 radical (unpaired) electrons. The van der Waals surface area contributed by atoms with Gasteiger partial charge in [0.2, 0.25) is 5.91 Å². The molecule has 2 aliphatic rings. The molecular formula is C10H18N2O2. The second-order valence-corrected chi connectivity index (χ2v) is 4.54. The van der Waals surface area contributed by atoms with Crippen LogP contribution in [0, 0.1) is 5.41 Å². The highest BCUT2D eigenvalue weighted by Gasteiger charge is 2.52. The van der Waals surface area contributed by atoms with Crippen LogP contribution in [0.1, 0.15) is 13.3 Å². The molecule has 4 heteroatoms. The summed E-state index contributed by atoms with van der Waals surface area (Å²) in [5.41, 5.74) is 0.389. The molecule has 0 bridgehead atoms. The van der Waals surface area contributed by atoms with Crippen molar-refractivity contribution in [2.24, 2.45) is 5.41 Å². The van der Waals surface area contributed by atoms with E-state index in [2.05, 4.69) is 4.90 Å². The molecule has 2 aliphatic heterocycles. The fraction of sp³-hybridized carbons (Fsp3) is 0.900. The van der Waals surface area contributed by atoms with Crippen molar-refractivity contribution in [1.29, 1.82) is 0 Å². The van der Waals surface area contributed by atoms with E-state index in [9.17, 15) is 4.79 Å². The van der Waals surface area contributed by atoms with Crippen LogP contribution in [0.5, 0.6) is 0 Å². The number of aliphatic hydroxyl groups excluding tert-OH is 1. The Morgan fingerprint density at radius 3 is 2.50 bits per heavy atom. The molecule has 0 saturated carbocycles. The minimum absolute atomic E-state index is 0.244. The summed E-state index contributed by atoms with van der Waals surface area (Å²) < 4.78 is 0. The number of carbonyl (C=O) groups excluding carboxylic acids is 1. The van der Waals surface area contributed by atoms with E-state index in [0.29, 0.717) is 11.8 Å². The summed E-state index contributed by atoms with van der Waals surface area (Å²) in [5.74, 6) is 0.274. The van der Waals surface area contributed by atoms with Gasteiger partial charge in [0.1, 0.15) is 0 Å². The summed E-state index contributed by atoms with van der Waals surface area (Å²) in [6, 6.07) is 0. The van der Waals surface area contributed by atoms with Crippen LogP contribution in [0.4, 0.5) is 0 Å². The van der Waals surface area contributed by atoms with E-state index in [1.807, 2.05) is 11.8 Å². The first-order valence-corrected chi connectivity index (χ1v) is 5.30. The van der Waals surface area contributed by atoms with E-state index in [1.165, 1.54) is 0 Å². The molecule has 4 nitrogen and oxygen atoms in total. The van der Waals surface area contributed by atoms with Crippen LogP contribution in [-0.4, -0.2) is 60.1 Å². The van der Waals surface area contributed by atoms with Gasteiger partial charge in [0.25, 0.3) is 0 Å². The molecule has 2 rings (SSSR count). The maximum absolute atomic E-state index is 11.3. The minimum Gasteiger partial charge on any atom is -0.395 e. The molecule has 1 spiro atoms. The van der Waals surface area contributed by atoms with Crippen molar-refractivity contribution >= 4 is 5.91 Å². The lowest BCUT2D eigenvalue weighted by atomic mass is 9.73. The summed E-state index contributed by atoms with van der Waals surface area (Å²) in [5, 5.41) is 8.73. The van der Waals surface area contributed by atoms with Gasteiger partial charge < -0.3 is 10.0 Å². The monoisotopic (exact) mass is 198 g/mol. The molecule has 1 amide bonds. The molecule has 2 heterocycles. The van der Waals surface area contributed by atoms with E-state index in [1.54, 1.807) is 0 Å². The van der Waals surface area contributed by atoms with Gasteiger partial charge in [0.05, 0.1) is 6.61 Å². The summed E-state index contributed by atoms with van der Waals surface area (Å²) in [4.78, 5) is 15.5. The van der Waals surface area contributed by atoms with Crippen LogP contribution in [0.15, 0.2) is 0 Å². The quantitative estimate of drug-likeness (QED) is 0.667. The Bertz CT molecular complexity index is 228. The number of carbonyl (C=O) groups is 1. The van der Waals surface area contributed by atoms with Crippen LogP contribution in [0.25, 0.3) is 0 Å². The van der Waals surface area contributed by atoms with E-state index >= 15 is 0 Å². The first-order chi connectivity index (χ1) is 6.69. The number of likely N-dealkylation sites (tertiary alicyclic amines) is 2. The van der Waals surface area contributed by atoms with Gasteiger partial charge in [-0.15, -0.1) is 0 Å². The first kappa shape index (κ1) is 9.93. The number of amides is 1. The van der Waals surface area contributed by atoms with Crippen molar-refractivity contribution in [2.45, 2.75) is 13.3 Å². The zero-order chi connectivity index (χ0) is 10.2. The van der Waals surface area contributed by atoms with Crippen LogP contribution >= 0.6 is 0 Å². The van der Waals surface area contributed by atoms with E-state index < -0.39 is 0 Å². The highest BCUT2D eigenvalue weighted by Crippen LogP contribution is 2.39. The Morgan fingerprint density at radius 2 is 2.00 bits per heavy atom. The summed E-state index contributed by atoms with van der Waals surface area (Å²) in [6.45, 7) is 6.91. The molecule has 2 saturated heterocycles. The number of nitrogens with zero attached hydrogens (tertiary/aromatic N) is 2. The maximum Gasteiger partial charge on any atom is 0.222 e. The number of rotatable bonds is 3. The predicted octanol–water partition coefficient (Wildman–Crippen LogP) is -0.467. The zero-order valence-corrected chi connectivity index (χ0v) is 8.70. The van der Waals surface area contributed by atoms with Gasteiger partial charge in [-0.3, -0.25) is 9.69 Å². The third-order valence-electron chi connectivity index (χ3n) is 3.24. The lowest BCUT2D eigenvalue weighted by Crippen LogP contribution is -2.72. The normalized spacial score (nSPS) is 24.6. The molecule has 80 valence electrons. The maximum atomic E-state index is 11.3. The van der Waals surface area contributed by atoms with Crippen molar-refractivity contribution < 1.29 is 9.90 Å². The van der Waals surface area contributed by atoms with Crippen molar-refractivity contribution in [3.05, 3.63) is 0 Å². The fourth-order valence-corrected chi connectivity index (χ4v) is 2.57. The van der Waals surface area contributed by atoms with Crippen LogP contribution in [0.2, 0.25) is 0 Å². The van der Waals surface area contributed by atoms with E-state index in [0.717, 1.165) is 32.7 Å². The molecule has 0 aromatic rings. The number of hydrogen-bond acceptors (Lipinski definition) is 3. The Balaban J connectivity index is 1.71. The average Bonchev–Trinajstić information content (AvgIpc) is 2.05. The van der Waals surface area contributed by atoms with Gasteiger partial charge in [-0.25, -0.2) is 0 Å². The van der Waals surface area contributed by atoms with Gasteiger partial charge in [0, 0.05) is 44.6 Å².